The molecule has 3 N–H and O–H groups in total. The van der Waals surface area contributed by atoms with E-state index in [1.54, 1.807) is 0 Å². The van der Waals surface area contributed by atoms with E-state index in [9.17, 15) is 0 Å². The van der Waals surface area contributed by atoms with Crippen molar-refractivity contribution in [3.8, 4) is 11.1 Å². The van der Waals surface area contributed by atoms with Crippen molar-refractivity contribution in [3.05, 3.63) is 145 Å². The molecule has 0 aliphatic rings. The van der Waals surface area contributed by atoms with Crippen molar-refractivity contribution >= 4 is 12.2 Å². The molecule has 0 saturated carbocycles. The molecule has 0 aliphatic heterocycles. The minimum absolute atomic E-state index is 0. The fourth-order valence-corrected chi connectivity index (χ4v) is 2.72. The van der Waals surface area contributed by atoms with Crippen LogP contribution in [0.2, 0.25) is 0 Å². The van der Waals surface area contributed by atoms with Gasteiger partial charge in [0.2, 0.25) is 0 Å². The molecule has 0 atom stereocenters. The molecule has 0 spiro atoms. The third-order valence-corrected chi connectivity index (χ3v) is 4.17. The molecule has 4 aromatic carbocycles. The summed E-state index contributed by atoms with van der Waals surface area (Å²) in [6.07, 6.45) is 8.31. The second kappa shape index (κ2) is 12.7. The summed E-state index contributed by atoms with van der Waals surface area (Å²) in [7, 11) is 0. The first kappa shape index (κ1) is 21.6. The number of hydrogen-bond acceptors (Lipinski definition) is 1. The van der Waals surface area contributed by atoms with Gasteiger partial charge in [0.1, 0.15) is 0 Å². The summed E-state index contributed by atoms with van der Waals surface area (Å²) >= 11 is 0. The SMILES string of the molecule is C(/C=C/c1ccccc1)=C\c1ccccc1.N.c1ccc(-c2ccccc2)cc1. The van der Waals surface area contributed by atoms with Crippen LogP contribution in [0.25, 0.3) is 23.3 Å². The van der Waals surface area contributed by atoms with Crippen molar-refractivity contribution < 1.29 is 0 Å². The number of allylic oxidation sites excluding steroid dienone is 2. The van der Waals surface area contributed by atoms with Gasteiger partial charge in [0.25, 0.3) is 0 Å². The van der Waals surface area contributed by atoms with Crippen LogP contribution in [0.5, 0.6) is 0 Å². The Kier molecular flexibility index (Phi) is 9.44. The molecule has 4 rings (SSSR count). The molecule has 4 aromatic rings. The lowest BCUT2D eigenvalue weighted by molar-refractivity contribution is 1.62. The number of benzene rings is 4. The summed E-state index contributed by atoms with van der Waals surface area (Å²) in [5.41, 5.74) is 5.00. The molecule has 0 fully saturated rings. The summed E-state index contributed by atoms with van der Waals surface area (Å²) < 4.78 is 0. The average Bonchev–Trinajstić information content (AvgIpc) is 2.80. The van der Waals surface area contributed by atoms with Crippen molar-refractivity contribution in [3.63, 3.8) is 0 Å². The summed E-state index contributed by atoms with van der Waals surface area (Å²) in [4.78, 5) is 0. The van der Waals surface area contributed by atoms with Gasteiger partial charge in [-0.3, -0.25) is 0 Å². The smallest absolute Gasteiger partial charge is 0.0184 e. The second-order valence-corrected chi connectivity index (χ2v) is 6.27. The third-order valence-electron chi connectivity index (χ3n) is 4.17. The maximum atomic E-state index is 2.12. The van der Waals surface area contributed by atoms with E-state index >= 15 is 0 Å². The van der Waals surface area contributed by atoms with Gasteiger partial charge in [-0.25, -0.2) is 0 Å². The molecule has 0 saturated heterocycles. The topological polar surface area (TPSA) is 35.0 Å². The number of rotatable bonds is 4. The molecule has 0 bridgehead atoms. The predicted octanol–water partition coefficient (Wildman–Crippen LogP) is 7.93. The molecular formula is C28H27N. The fourth-order valence-electron chi connectivity index (χ4n) is 2.72. The molecule has 0 amide bonds. The van der Waals surface area contributed by atoms with E-state index in [1.807, 2.05) is 48.5 Å². The van der Waals surface area contributed by atoms with Crippen molar-refractivity contribution in [1.29, 1.82) is 0 Å². The van der Waals surface area contributed by atoms with Gasteiger partial charge >= 0.3 is 0 Å². The monoisotopic (exact) mass is 377 g/mol. The zero-order valence-corrected chi connectivity index (χ0v) is 16.6. The van der Waals surface area contributed by atoms with Gasteiger partial charge in [0.15, 0.2) is 0 Å². The normalized spacial score (nSPS) is 10.2. The summed E-state index contributed by atoms with van der Waals surface area (Å²) in [6, 6.07) is 41.4. The third kappa shape index (κ3) is 7.84. The Bertz CT molecular complexity index is 888. The second-order valence-electron chi connectivity index (χ2n) is 6.27. The molecule has 0 aliphatic carbocycles. The van der Waals surface area contributed by atoms with E-state index in [1.165, 1.54) is 22.3 Å². The van der Waals surface area contributed by atoms with Crippen LogP contribution in [0.15, 0.2) is 133 Å². The fraction of sp³-hybridized carbons (Fsp3) is 0. The lowest BCUT2D eigenvalue weighted by Gasteiger charge is -1.98. The largest absolute Gasteiger partial charge is 0.344 e. The van der Waals surface area contributed by atoms with Crippen molar-refractivity contribution in [2.24, 2.45) is 0 Å². The molecule has 0 aromatic heterocycles. The lowest BCUT2D eigenvalue weighted by Crippen LogP contribution is -1.73. The minimum atomic E-state index is 0. The minimum Gasteiger partial charge on any atom is -0.344 e. The highest BCUT2D eigenvalue weighted by molar-refractivity contribution is 5.62. The van der Waals surface area contributed by atoms with Crippen molar-refractivity contribution in [2.75, 3.05) is 0 Å². The molecule has 144 valence electrons. The maximum Gasteiger partial charge on any atom is -0.0184 e. The van der Waals surface area contributed by atoms with E-state index in [-0.39, 0.29) is 6.15 Å². The zero-order valence-electron chi connectivity index (χ0n) is 16.6. The molecule has 0 radical (unpaired) electrons. The summed E-state index contributed by atoms with van der Waals surface area (Å²) in [5.74, 6) is 0. The Morgan fingerprint density at radius 3 is 0.931 bits per heavy atom. The molecule has 1 nitrogen and oxygen atoms in total. The van der Waals surface area contributed by atoms with Gasteiger partial charge in [-0.1, -0.05) is 146 Å². The molecule has 0 heterocycles. The number of hydrogen-bond donors (Lipinski definition) is 1. The molecule has 0 unspecified atom stereocenters. The van der Waals surface area contributed by atoms with E-state index in [4.69, 9.17) is 0 Å². The van der Waals surface area contributed by atoms with E-state index in [0.29, 0.717) is 0 Å². The maximum absolute atomic E-state index is 2.12. The highest BCUT2D eigenvalue weighted by Gasteiger charge is 1.91. The quantitative estimate of drug-likeness (QED) is 0.360. The van der Waals surface area contributed by atoms with Crippen LogP contribution < -0.4 is 6.15 Å². The van der Waals surface area contributed by atoms with Gasteiger partial charge in [-0.15, -0.1) is 0 Å². The van der Waals surface area contributed by atoms with Gasteiger partial charge in [-0.05, 0) is 22.3 Å². The van der Waals surface area contributed by atoms with E-state index in [0.717, 1.165) is 0 Å². The average molecular weight is 378 g/mol. The van der Waals surface area contributed by atoms with E-state index < -0.39 is 0 Å². The first-order valence-electron chi connectivity index (χ1n) is 9.47. The van der Waals surface area contributed by atoms with Crippen LogP contribution >= 0.6 is 0 Å². The van der Waals surface area contributed by atoms with Crippen LogP contribution in [-0.2, 0) is 0 Å². The van der Waals surface area contributed by atoms with Crippen LogP contribution in [0.1, 0.15) is 11.1 Å². The van der Waals surface area contributed by atoms with Crippen molar-refractivity contribution in [2.45, 2.75) is 0 Å². The summed E-state index contributed by atoms with van der Waals surface area (Å²) in [5, 5.41) is 0. The Balaban J connectivity index is 0.000000207. The highest BCUT2D eigenvalue weighted by atomic mass is 14.0. The first-order chi connectivity index (χ1) is 13.9. The molecule has 1 heteroatoms. The predicted molar refractivity (Wildman–Crippen MR) is 128 cm³/mol. The summed E-state index contributed by atoms with van der Waals surface area (Å²) in [6.45, 7) is 0. The van der Waals surface area contributed by atoms with Gasteiger partial charge in [0, 0.05) is 0 Å². The van der Waals surface area contributed by atoms with Gasteiger partial charge in [-0.2, -0.15) is 0 Å². The molecule has 29 heavy (non-hydrogen) atoms. The Morgan fingerprint density at radius 2 is 0.621 bits per heavy atom. The van der Waals surface area contributed by atoms with Crippen LogP contribution in [0, 0.1) is 0 Å². The van der Waals surface area contributed by atoms with Gasteiger partial charge < -0.3 is 6.15 Å². The van der Waals surface area contributed by atoms with E-state index in [2.05, 4.69) is 97.1 Å². The standard InChI is InChI=1S/C16H14.C12H10.H3N/c1-3-9-15(10-4-1)13-7-8-14-16-11-5-2-6-12-16;1-3-7-11(8-4-1)12-9-5-2-6-10-12;/h1-14H;1-10H;1H3/b13-7+,14-8+;;. The van der Waals surface area contributed by atoms with Gasteiger partial charge in [0.05, 0.1) is 0 Å². The Hall–Kier alpha value is -3.68. The molecular weight excluding hydrogens is 350 g/mol. The highest BCUT2D eigenvalue weighted by Crippen LogP contribution is 2.17. The van der Waals surface area contributed by atoms with Crippen LogP contribution in [-0.4, -0.2) is 0 Å². The zero-order chi connectivity index (χ0) is 19.3. The first-order valence-corrected chi connectivity index (χ1v) is 9.47. The Morgan fingerprint density at radius 1 is 0.345 bits per heavy atom. The van der Waals surface area contributed by atoms with Crippen LogP contribution in [0.4, 0.5) is 0 Å². The van der Waals surface area contributed by atoms with Crippen LogP contribution in [0.3, 0.4) is 0 Å². The lowest BCUT2D eigenvalue weighted by atomic mass is 10.1. The van der Waals surface area contributed by atoms with Crippen molar-refractivity contribution in [1.82, 2.24) is 6.15 Å². The Labute approximate surface area is 174 Å².